The van der Waals surface area contributed by atoms with Crippen molar-refractivity contribution in [2.45, 2.75) is 26.4 Å². The van der Waals surface area contributed by atoms with Gasteiger partial charge in [-0.05, 0) is 0 Å². The minimum atomic E-state index is -0.299. The highest BCUT2D eigenvalue weighted by Crippen LogP contribution is 2.38. The first-order chi connectivity index (χ1) is 7.09. The predicted octanol–water partition coefficient (Wildman–Crippen LogP) is 1.03. The maximum absolute atomic E-state index is 11.2. The molecule has 0 bridgehead atoms. The second-order valence-electron chi connectivity index (χ2n) is 4.31. The molecule has 1 fully saturated rings. The number of ether oxygens (including phenoxy) is 3. The second kappa shape index (κ2) is 5.58. The van der Waals surface area contributed by atoms with Gasteiger partial charge in [0.2, 0.25) is 0 Å². The van der Waals surface area contributed by atoms with Crippen molar-refractivity contribution in [1.29, 1.82) is 0 Å². The molecule has 0 saturated heterocycles. The first-order valence-corrected chi connectivity index (χ1v) is 5.30. The Morgan fingerprint density at radius 3 is 2.47 bits per heavy atom. The molecule has 0 heterocycles. The van der Waals surface area contributed by atoms with Crippen LogP contribution in [0.5, 0.6) is 0 Å². The molecule has 4 heteroatoms. The zero-order valence-electron chi connectivity index (χ0n) is 9.75. The van der Waals surface area contributed by atoms with Gasteiger partial charge in [-0.3, -0.25) is 4.79 Å². The fraction of sp³-hybridized carbons (Fsp3) is 0.909. The molecule has 4 nitrogen and oxygen atoms in total. The van der Waals surface area contributed by atoms with Crippen LogP contribution in [-0.4, -0.2) is 45.4 Å². The SMILES string of the molecule is COCCOCCOC1CC(=O)C1(C)C. The van der Waals surface area contributed by atoms with Crippen LogP contribution in [0.4, 0.5) is 0 Å². The summed E-state index contributed by atoms with van der Waals surface area (Å²) in [5.41, 5.74) is -0.299. The summed E-state index contributed by atoms with van der Waals surface area (Å²) < 4.78 is 15.6. The molecule has 1 atom stereocenters. The van der Waals surface area contributed by atoms with Gasteiger partial charge in [0.1, 0.15) is 5.78 Å². The zero-order valence-corrected chi connectivity index (χ0v) is 9.75. The Kier molecular flexibility index (Phi) is 4.70. The van der Waals surface area contributed by atoms with Gasteiger partial charge in [-0.15, -0.1) is 0 Å². The third-order valence-electron chi connectivity index (χ3n) is 2.87. The van der Waals surface area contributed by atoms with Crippen molar-refractivity contribution in [2.75, 3.05) is 33.5 Å². The van der Waals surface area contributed by atoms with Crippen molar-refractivity contribution in [2.24, 2.45) is 5.41 Å². The third kappa shape index (κ3) is 3.26. The summed E-state index contributed by atoms with van der Waals surface area (Å²) in [7, 11) is 1.64. The number of Topliss-reactive ketones (excluding diaryl/α,β-unsaturated/α-hetero) is 1. The molecule has 0 N–H and O–H groups in total. The van der Waals surface area contributed by atoms with Gasteiger partial charge in [0.25, 0.3) is 0 Å². The Labute approximate surface area is 90.9 Å². The Bertz CT molecular complexity index is 213. The largest absolute Gasteiger partial charge is 0.382 e. The van der Waals surface area contributed by atoms with Crippen molar-refractivity contribution in [1.82, 2.24) is 0 Å². The number of carbonyl (C=O) groups excluding carboxylic acids is 1. The fourth-order valence-electron chi connectivity index (χ4n) is 1.50. The molecule has 0 radical (unpaired) electrons. The van der Waals surface area contributed by atoms with Gasteiger partial charge in [0, 0.05) is 13.5 Å². The summed E-state index contributed by atoms with van der Waals surface area (Å²) >= 11 is 0. The molecule has 1 aliphatic rings. The van der Waals surface area contributed by atoms with Gasteiger partial charge in [0.15, 0.2) is 0 Å². The smallest absolute Gasteiger partial charge is 0.143 e. The molecular weight excluding hydrogens is 196 g/mol. The summed E-state index contributed by atoms with van der Waals surface area (Å²) in [6.45, 7) is 6.15. The average Bonchev–Trinajstić information content (AvgIpc) is 2.21. The number of methoxy groups -OCH3 is 1. The quantitative estimate of drug-likeness (QED) is 0.596. The van der Waals surface area contributed by atoms with Crippen LogP contribution in [0.2, 0.25) is 0 Å². The minimum Gasteiger partial charge on any atom is -0.382 e. The Morgan fingerprint density at radius 2 is 1.93 bits per heavy atom. The molecule has 1 rings (SSSR count). The monoisotopic (exact) mass is 216 g/mol. The minimum absolute atomic E-state index is 0.0658. The van der Waals surface area contributed by atoms with E-state index >= 15 is 0 Å². The second-order valence-corrected chi connectivity index (χ2v) is 4.31. The Balaban J connectivity index is 2.00. The highest BCUT2D eigenvalue weighted by molar-refractivity contribution is 5.91. The van der Waals surface area contributed by atoms with Crippen LogP contribution in [-0.2, 0) is 19.0 Å². The van der Waals surface area contributed by atoms with Gasteiger partial charge >= 0.3 is 0 Å². The Hall–Kier alpha value is -0.450. The van der Waals surface area contributed by atoms with Crippen LogP contribution < -0.4 is 0 Å². The van der Waals surface area contributed by atoms with E-state index in [1.165, 1.54) is 0 Å². The van der Waals surface area contributed by atoms with E-state index in [1.54, 1.807) is 7.11 Å². The van der Waals surface area contributed by atoms with Crippen molar-refractivity contribution < 1.29 is 19.0 Å². The van der Waals surface area contributed by atoms with E-state index in [1.807, 2.05) is 13.8 Å². The fourth-order valence-corrected chi connectivity index (χ4v) is 1.50. The van der Waals surface area contributed by atoms with Crippen LogP contribution >= 0.6 is 0 Å². The van der Waals surface area contributed by atoms with E-state index in [2.05, 4.69) is 0 Å². The predicted molar refractivity (Wildman–Crippen MR) is 55.8 cm³/mol. The molecule has 1 saturated carbocycles. The number of hydrogen-bond donors (Lipinski definition) is 0. The van der Waals surface area contributed by atoms with Gasteiger partial charge in [-0.2, -0.15) is 0 Å². The van der Waals surface area contributed by atoms with Crippen LogP contribution in [0.3, 0.4) is 0 Å². The molecule has 0 aromatic heterocycles. The lowest BCUT2D eigenvalue weighted by molar-refractivity contribution is -0.160. The van der Waals surface area contributed by atoms with Crippen LogP contribution in [0.15, 0.2) is 0 Å². The molecule has 0 spiro atoms. The molecule has 1 aliphatic carbocycles. The number of hydrogen-bond acceptors (Lipinski definition) is 4. The molecule has 88 valence electrons. The van der Waals surface area contributed by atoms with Gasteiger partial charge < -0.3 is 14.2 Å². The lowest BCUT2D eigenvalue weighted by Gasteiger charge is -2.41. The molecule has 0 aromatic carbocycles. The van der Waals surface area contributed by atoms with Crippen LogP contribution in [0.1, 0.15) is 20.3 Å². The maximum atomic E-state index is 11.2. The van der Waals surface area contributed by atoms with Gasteiger partial charge in [0.05, 0.1) is 37.9 Å². The van der Waals surface area contributed by atoms with Crippen LogP contribution in [0.25, 0.3) is 0 Å². The van der Waals surface area contributed by atoms with Gasteiger partial charge in [-0.1, -0.05) is 13.8 Å². The maximum Gasteiger partial charge on any atom is 0.143 e. The van der Waals surface area contributed by atoms with Crippen molar-refractivity contribution in [3.05, 3.63) is 0 Å². The van der Waals surface area contributed by atoms with Crippen molar-refractivity contribution >= 4 is 5.78 Å². The third-order valence-corrected chi connectivity index (χ3v) is 2.87. The molecule has 15 heavy (non-hydrogen) atoms. The molecule has 0 amide bonds. The number of ketones is 1. The summed E-state index contributed by atoms with van der Waals surface area (Å²) in [5, 5.41) is 0. The van der Waals surface area contributed by atoms with E-state index in [9.17, 15) is 4.79 Å². The highest BCUT2D eigenvalue weighted by atomic mass is 16.5. The first-order valence-electron chi connectivity index (χ1n) is 5.30. The van der Waals surface area contributed by atoms with Crippen molar-refractivity contribution in [3.63, 3.8) is 0 Å². The average molecular weight is 216 g/mol. The molecule has 1 unspecified atom stereocenters. The Morgan fingerprint density at radius 1 is 1.27 bits per heavy atom. The summed E-state index contributed by atoms with van der Waals surface area (Å²) in [4.78, 5) is 11.2. The van der Waals surface area contributed by atoms with E-state index in [-0.39, 0.29) is 17.3 Å². The highest BCUT2D eigenvalue weighted by Gasteiger charge is 2.47. The topological polar surface area (TPSA) is 44.8 Å². The van der Waals surface area contributed by atoms with Crippen molar-refractivity contribution in [3.8, 4) is 0 Å². The normalized spacial score (nSPS) is 23.9. The zero-order chi connectivity index (χ0) is 11.3. The first kappa shape index (κ1) is 12.6. The standard InChI is InChI=1S/C11H20O4/c1-11(2)9(12)8-10(11)15-7-6-14-5-4-13-3/h10H,4-8H2,1-3H3. The van der Waals surface area contributed by atoms with E-state index in [0.717, 1.165) is 0 Å². The number of rotatable bonds is 7. The molecule has 0 aromatic rings. The van der Waals surface area contributed by atoms with E-state index in [0.29, 0.717) is 32.8 Å². The van der Waals surface area contributed by atoms with E-state index in [4.69, 9.17) is 14.2 Å². The van der Waals surface area contributed by atoms with Crippen LogP contribution in [0, 0.1) is 5.41 Å². The summed E-state index contributed by atoms with van der Waals surface area (Å²) in [6, 6.07) is 0. The van der Waals surface area contributed by atoms with E-state index < -0.39 is 0 Å². The summed E-state index contributed by atoms with van der Waals surface area (Å²) in [6.07, 6.45) is 0.612. The summed E-state index contributed by atoms with van der Waals surface area (Å²) in [5.74, 6) is 0.285. The number of carbonyl (C=O) groups is 1. The molecule has 0 aliphatic heterocycles. The lowest BCUT2D eigenvalue weighted by atomic mass is 9.68. The molecular formula is C11H20O4. The van der Waals surface area contributed by atoms with Gasteiger partial charge in [-0.25, -0.2) is 0 Å². The lowest BCUT2D eigenvalue weighted by Crippen LogP contribution is -2.51.